The van der Waals surface area contributed by atoms with Crippen molar-refractivity contribution in [1.82, 2.24) is 9.88 Å². The minimum absolute atomic E-state index is 0.0857. The zero-order valence-corrected chi connectivity index (χ0v) is 8.39. The van der Waals surface area contributed by atoms with Gasteiger partial charge in [0.25, 0.3) is 5.91 Å². The minimum atomic E-state index is -0.0857. The van der Waals surface area contributed by atoms with Gasteiger partial charge in [-0.3, -0.25) is 4.79 Å². The summed E-state index contributed by atoms with van der Waals surface area (Å²) in [6.07, 6.45) is 6.55. The Morgan fingerprint density at radius 3 is 3.00 bits per heavy atom. The second-order valence-corrected chi connectivity index (χ2v) is 3.45. The van der Waals surface area contributed by atoms with Crippen molar-refractivity contribution < 1.29 is 4.79 Å². The molecule has 2 rings (SSSR count). The summed E-state index contributed by atoms with van der Waals surface area (Å²) in [5, 5.41) is 0. The third-order valence-electron chi connectivity index (χ3n) is 2.39. The quantitative estimate of drug-likeness (QED) is 0.694. The van der Waals surface area contributed by atoms with Crippen LogP contribution in [0, 0.1) is 0 Å². The topological polar surface area (TPSA) is 59.2 Å². The number of nitrogens with two attached hydrogens (primary N) is 1. The Kier molecular flexibility index (Phi) is 2.67. The number of nitrogens with zero attached hydrogens (tertiary/aromatic N) is 2. The maximum Gasteiger partial charge on any atom is 0.274 e. The van der Waals surface area contributed by atoms with E-state index in [2.05, 4.69) is 11.1 Å². The third-order valence-corrected chi connectivity index (χ3v) is 2.39. The second kappa shape index (κ2) is 4.13. The summed E-state index contributed by atoms with van der Waals surface area (Å²) in [5.41, 5.74) is 6.50. The number of pyridine rings is 1. The summed E-state index contributed by atoms with van der Waals surface area (Å²) in [5.74, 6) is -0.0857. The van der Waals surface area contributed by atoms with Crippen molar-refractivity contribution in [3.05, 3.63) is 36.2 Å². The summed E-state index contributed by atoms with van der Waals surface area (Å²) < 4.78 is 0. The number of aromatic nitrogens is 1. The predicted octanol–water partition coefficient (Wildman–Crippen LogP) is 1.07. The van der Waals surface area contributed by atoms with E-state index >= 15 is 0 Å². The molecule has 2 heterocycles. The molecule has 0 saturated heterocycles. The monoisotopic (exact) mass is 203 g/mol. The van der Waals surface area contributed by atoms with E-state index in [1.54, 1.807) is 23.2 Å². The van der Waals surface area contributed by atoms with Gasteiger partial charge in [-0.05, 0) is 18.6 Å². The normalized spacial score (nSPS) is 15.3. The van der Waals surface area contributed by atoms with Crippen molar-refractivity contribution in [2.75, 3.05) is 18.8 Å². The van der Waals surface area contributed by atoms with E-state index in [0.29, 0.717) is 17.9 Å². The third kappa shape index (κ3) is 1.98. The van der Waals surface area contributed by atoms with E-state index in [0.717, 1.165) is 13.0 Å². The number of carbonyl (C=O) groups is 1. The lowest BCUT2D eigenvalue weighted by Gasteiger charge is -2.23. The molecule has 0 fully saturated rings. The molecule has 1 aliphatic heterocycles. The average Bonchev–Trinajstić information content (AvgIpc) is 2.30. The van der Waals surface area contributed by atoms with Gasteiger partial charge in [0.2, 0.25) is 0 Å². The second-order valence-electron chi connectivity index (χ2n) is 3.45. The first-order valence-corrected chi connectivity index (χ1v) is 4.94. The molecule has 1 aromatic heterocycles. The number of amides is 1. The van der Waals surface area contributed by atoms with Crippen LogP contribution in [0.2, 0.25) is 0 Å². The summed E-state index contributed by atoms with van der Waals surface area (Å²) in [6.45, 7) is 1.39. The summed E-state index contributed by atoms with van der Waals surface area (Å²) >= 11 is 0. The molecular formula is C11H13N3O. The van der Waals surface area contributed by atoms with Crippen molar-refractivity contribution in [1.29, 1.82) is 0 Å². The lowest BCUT2D eigenvalue weighted by atomic mass is 10.2. The Morgan fingerprint density at radius 1 is 1.47 bits per heavy atom. The molecule has 0 aromatic carbocycles. The van der Waals surface area contributed by atoms with Crippen LogP contribution in [0.15, 0.2) is 30.5 Å². The Balaban J connectivity index is 2.20. The number of nitrogen functional groups attached to an aromatic ring is 1. The lowest BCUT2D eigenvalue weighted by molar-refractivity contribution is 0.0766. The first-order chi connectivity index (χ1) is 7.29. The highest BCUT2D eigenvalue weighted by molar-refractivity contribution is 5.97. The maximum absolute atomic E-state index is 12.0. The molecule has 1 aliphatic rings. The molecule has 0 atom stereocenters. The van der Waals surface area contributed by atoms with Crippen LogP contribution in [0.3, 0.4) is 0 Å². The fourth-order valence-electron chi connectivity index (χ4n) is 1.57. The first-order valence-electron chi connectivity index (χ1n) is 4.94. The molecule has 0 saturated carbocycles. The summed E-state index contributed by atoms with van der Waals surface area (Å²) in [4.78, 5) is 17.7. The van der Waals surface area contributed by atoms with Gasteiger partial charge in [0.05, 0.1) is 5.69 Å². The standard InChI is InChI=1S/C11H13N3O/c12-9-5-4-6-13-10(9)11(15)14-7-2-1-3-8-14/h1-2,4-6H,3,7-8,12H2. The molecule has 0 bridgehead atoms. The van der Waals surface area contributed by atoms with Gasteiger partial charge < -0.3 is 10.6 Å². The fourth-order valence-corrected chi connectivity index (χ4v) is 1.57. The highest BCUT2D eigenvalue weighted by Crippen LogP contribution is 2.12. The van der Waals surface area contributed by atoms with Gasteiger partial charge in [-0.15, -0.1) is 0 Å². The maximum atomic E-state index is 12.0. The van der Waals surface area contributed by atoms with Gasteiger partial charge in [0, 0.05) is 19.3 Å². The first kappa shape index (κ1) is 9.71. The molecule has 78 valence electrons. The molecule has 0 unspecified atom stereocenters. The van der Waals surface area contributed by atoms with Gasteiger partial charge in [0.15, 0.2) is 5.69 Å². The Labute approximate surface area is 88.4 Å². The van der Waals surface area contributed by atoms with Crippen molar-refractivity contribution in [2.45, 2.75) is 6.42 Å². The molecule has 2 N–H and O–H groups in total. The largest absolute Gasteiger partial charge is 0.397 e. The number of hydrogen-bond donors (Lipinski definition) is 1. The molecule has 0 radical (unpaired) electrons. The highest BCUT2D eigenvalue weighted by atomic mass is 16.2. The van der Waals surface area contributed by atoms with Crippen LogP contribution in [-0.2, 0) is 0 Å². The van der Waals surface area contributed by atoms with E-state index in [1.807, 2.05) is 6.08 Å². The molecule has 4 nitrogen and oxygen atoms in total. The minimum Gasteiger partial charge on any atom is -0.397 e. The van der Waals surface area contributed by atoms with Crippen LogP contribution >= 0.6 is 0 Å². The molecular weight excluding hydrogens is 190 g/mol. The van der Waals surface area contributed by atoms with Gasteiger partial charge >= 0.3 is 0 Å². The van der Waals surface area contributed by atoms with Crippen molar-refractivity contribution in [3.8, 4) is 0 Å². The lowest BCUT2D eigenvalue weighted by Crippen LogP contribution is -2.34. The number of rotatable bonds is 1. The smallest absolute Gasteiger partial charge is 0.274 e. The Hall–Kier alpha value is -1.84. The summed E-state index contributed by atoms with van der Waals surface area (Å²) in [7, 11) is 0. The van der Waals surface area contributed by atoms with Crippen molar-refractivity contribution in [3.63, 3.8) is 0 Å². The van der Waals surface area contributed by atoms with E-state index in [9.17, 15) is 4.79 Å². The number of hydrogen-bond acceptors (Lipinski definition) is 3. The van der Waals surface area contributed by atoms with Gasteiger partial charge in [0.1, 0.15) is 0 Å². The van der Waals surface area contributed by atoms with Crippen LogP contribution < -0.4 is 5.73 Å². The van der Waals surface area contributed by atoms with Crippen LogP contribution in [-0.4, -0.2) is 28.9 Å². The zero-order chi connectivity index (χ0) is 10.7. The molecule has 0 aliphatic carbocycles. The molecule has 4 heteroatoms. The van der Waals surface area contributed by atoms with Crippen LogP contribution in [0.1, 0.15) is 16.9 Å². The number of anilines is 1. The molecule has 0 spiro atoms. The van der Waals surface area contributed by atoms with Crippen molar-refractivity contribution in [2.24, 2.45) is 0 Å². The Bertz CT molecular complexity index is 401. The average molecular weight is 203 g/mol. The van der Waals surface area contributed by atoms with Gasteiger partial charge in [-0.1, -0.05) is 12.2 Å². The molecule has 15 heavy (non-hydrogen) atoms. The molecule has 1 aromatic rings. The Morgan fingerprint density at radius 2 is 2.33 bits per heavy atom. The van der Waals surface area contributed by atoms with Gasteiger partial charge in [-0.2, -0.15) is 0 Å². The number of carbonyl (C=O) groups excluding carboxylic acids is 1. The summed E-state index contributed by atoms with van der Waals surface area (Å²) in [6, 6.07) is 3.42. The van der Waals surface area contributed by atoms with Gasteiger partial charge in [-0.25, -0.2) is 4.98 Å². The fraction of sp³-hybridized carbons (Fsp3) is 0.273. The van der Waals surface area contributed by atoms with Crippen LogP contribution in [0.5, 0.6) is 0 Å². The van der Waals surface area contributed by atoms with Crippen molar-refractivity contribution >= 4 is 11.6 Å². The SMILES string of the molecule is Nc1cccnc1C(=O)N1CC=CCC1. The zero-order valence-electron chi connectivity index (χ0n) is 8.39. The van der Waals surface area contributed by atoms with E-state index in [1.165, 1.54) is 0 Å². The predicted molar refractivity (Wildman–Crippen MR) is 58.3 cm³/mol. The van der Waals surface area contributed by atoms with E-state index in [4.69, 9.17) is 5.73 Å². The van der Waals surface area contributed by atoms with E-state index < -0.39 is 0 Å². The van der Waals surface area contributed by atoms with Crippen LogP contribution in [0.25, 0.3) is 0 Å². The van der Waals surface area contributed by atoms with E-state index in [-0.39, 0.29) is 5.91 Å². The molecule has 1 amide bonds. The highest BCUT2D eigenvalue weighted by Gasteiger charge is 2.18. The van der Waals surface area contributed by atoms with Crippen LogP contribution in [0.4, 0.5) is 5.69 Å².